The number of esters is 1. The summed E-state index contributed by atoms with van der Waals surface area (Å²) in [5.74, 6) is -0.276. The van der Waals surface area contributed by atoms with Gasteiger partial charge in [-0.2, -0.15) is 0 Å². The lowest BCUT2D eigenvalue weighted by molar-refractivity contribution is 0.0179. The van der Waals surface area contributed by atoms with Gasteiger partial charge in [-0.3, -0.25) is 0 Å². The van der Waals surface area contributed by atoms with E-state index in [0.29, 0.717) is 25.4 Å². The topological polar surface area (TPSA) is 35.5 Å². The molecule has 0 aromatic heterocycles. The van der Waals surface area contributed by atoms with Gasteiger partial charge in [-0.15, -0.1) is 0 Å². The molecular formula is C17H26O3. The molecule has 0 aliphatic rings. The van der Waals surface area contributed by atoms with Gasteiger partial charge < -0.3 is 9.47 Å². The van der Waals surface area contributed by atoms with Crippen LogP contribution in [0.15, 0.2) is 24.3 Å². The monoisotopic (exact) mass is 278 g/mol. The second kappa shape index (κ2) is 8.05. The number of hydrogen-bond acceptors (Lipinski definition) is 3. The smallest absolute Gasteiger partial charge is 0.338 e. The van der Waals surface area contributed by atoms with E-state index >= 15 is 0 Å². The molecule has 0 saturated carbocycles. The summed E-state index contributed by atoms with van der Waals surface area (Å²) in [7, 11) is 0. The summed E-state index contributed by atoms with van der Waals surface area (Å²) in [6.07, 6.45) is 2.05. The van der Waals surface area contributed by atoms with Crippen LogP contribution in [0.2, 0.25) is 0 Å². The van der Waals surface area contributed by atoms with E-state index in [4.69, 9.17) is 9.47 Å². The third kappa shape index (κ3) is 6.71. The summed E-state index contributed by atoms with van der Waals surface area (Å²) in [4.78, 5) is 11.9. The SMILES string of the molecule is CCCc1cccc(C(=O)OCCOCC(C)(C)C)c1. The third-order valence-corrected chi connectivity index (χ3v) is 2.70. The number of benzene rings is 1. The Hall–Kier alpha value is -1.35. The lowest BCUT2D eigenvalue weighted by Gasteiger charge is -2.17. The van der Waals surface area contributed by atoms with Crippen molar-refractivity contribution >= 4 is 5.97 Å². The van der Waals surface area contributed by atoms with Crippen LogP contribution in [0.25, 0.3) is 0 Å². The van der Waals surface area contributed by atoms with Crippen LogP contribution >= 0.6 is 0 Å². The number of carbonyl (C=O) groups excluding carboxylic acids is 1. The summed E-state index contributed by atoms with van der Waals surface area (Å²) < 4.78 is 10.7. The number of carbonyl (C=O) groups is 1. The van der Waals surface area contributed by atoms with Crippen molar-refractivity contribution in [3.8, 4) is 0 Å². The molecule has 1 aromatic carbocycles. The molecule has 0 heterocycles. The maximum atomic E-state index is 11.9. The van der Waals surface area contributed by atoms with E-state index in [1.807, 2.05) is 18.2 Å². The molecule has 0 aliphatic carbocycles. The predicted molar refractivity (Wildman–Crippen MR) is 81.0 cm³/mol. The van der Waals surface area contributed by atoms with Crippen molar-refractivity contribution in [2.75, 3.05) is 19.8 Å². The lowest BCUT2D eigenvalue weighted by atomic mass is 9.99. The minimum Gasteiger partial charge on any atom is -0.460 e. The number of ether oxygens (including phenoxy) is 2. The average molecular weight is 278 g/mol. The molecule has 0 amide bonds. The van der Waals surface area contributed by atoms with E-state index in [-0.39, 0.29) is 11.4 Å². The van der Waals surface area contributed by atoms with E-state index < -0.39 is 0 Å². The first kappa shape index (κ1) is 16.7. The van der Waals surface area contributed by atoms with E-state index in [9.17, 15) is 4.79 Å². The molecule has 0 radical (unpaired) electrons. The van der Waals surface area contributed by atoms with Crippen LogP contribution < -0.4 is 0 Å². The highest BCUT2D eigenvalue weighted by molar-refractivity contribution is 5.89. The Morgan fingerprint density at radius 1 is 1.20 bits per heavy atom. The van der Waals surface area contributed by atoms with Crippen LogP contribution in [0.5, 0.6) is 0 Å². The average Bonchev–Trinajstić information content (AvgIpc) is 2.37. The van der Waals surface area contributed by atoms with Gasteiger partial charge in [-0.1, -0.05) is 46.2 Å². The molecule has 0 spiro atoms. The highest BCUT2D eigenvalue weighted by atomic mass is 16.6. The molecule has 3 nitrogen and oxygen atoms in total. The molecule has 0 atom stereocenters. The molecule has 0 N–H and O–H groups in total. The Kier molecular flexibility index (Phi) is 6.73. The Morgan fingerprint density at radius 3 is 2.60 bits per heavy atom. The zero-order chi connectivity index (χ0) is 15.0. The lowest BCUT2D eigenvalue weighted by Crippen LogP contribution is -2.18. The second-order valence-electron chi connectivity index (χ2n) is 6.20. The van der Waals surface area contributed by atoms with Crippen molar-refractivity contribution in [1.29, 1.82) is 0 Å². The zero-order valence-corrected chi connectivity index (χ0v) is 13.1. The van der Waals surface area contributed by atoms with Crippen LogP contribution in [0.3, 0.4) is 0 Å². The first-order chi connectivity index (χ1) is 9.42. The molecule has 0 aliphatic heterocycles. The van der Waals surface area contributed by atoms with Gasteiger partial charge in [0.15, 0.2) is 0 Å². The first-order valence-corrected chi connectivity index (χ1v) is 7.26. The minimum absolute atomic E-state index is 0.137. The minimum atomic E-state index is -0.276. The fourth-order valence-corrected chi connectivity index (χ4v) is 1.80. The molecule has 0 fully saturated rings. The summed E-state index contributed by atoms with van der Waals surface area (Å²) in [5, 5.41) is 0. The summed E-state index contributed by atoms with van der Waals surface area (Å²) >= 11 is 0. The largest absolute Gasteiger partial charge is 0.460 e. The van der Waals surface area contributed by atoms with Crippen LogP contribution in [0, 0.1) is 5.41 Å². The summed E-state index contributed by atoms with van der Waals surface area (Å²) in [6, 6.07) is 7.63. The number of rotatable bonds is 7. The van der Waals surface area contributed by atoms with E-state index in [2.05, 4.69) is 27.7 Å². The van der Waals surface area contributed by atoms with Crippen LogP contribution in [-0.4, -0.2) is 25.8 Å². The van der Waals surface area contributed by atoms with Gasteiger partial charge in [0, 0.05) is 0 Å². The van der Waals surface area contributed by atoms with Crippen molar-refractivity contribution in [3.63, 3.8) is 0 Å². The quantitative estimate of drug-likeness (QED) is 0.561. The standard InChI is InChI=1S/C17H26O3/c1-5-7-14-8-6-9-15(12-14)16(18)20-11-10-19-13-17(2,3)4/h6,8-9,12H,5,7,10-11,13H2,1-4H3. The van der Waals surface area contributed by atoms with Gasteiger partial charge in [0.1, 0.15) is 6.61 Å². The normalized spacial score (nSPS) is 11.4. The maximum Gasteiger partial charge on any atom is 0.338 e. The predicted octanol–water partition coefficient (Wildman–Crippen LogP) is 3.86. The molecule has 112 valence electrons. The van der Waals surface area contributed by atoms with Crippen molar-refractivity contribution in [1.82, 2.24) is 0 Å². The van der Waals surface area contributed by atoms with Crippen LogP contribution in [0.4, 0.5) is 0 Å². The van der Waals surface area contributed by atoms with Gasteiger partial charge in [-0.25, -0.2) is 4.79 Å². The Morgan fingerprint density at radius 2 is 1.95 bits per heavy atom. The number of hydrogen-bond donors (Lipinski definition) is 0. The second-order valence-corrected chi connectivity index (χ2v) is 6.20. The third-order valence-electron chi connectivity index (χ3n) is 2.70. The van der Waals surface area contributed by atoms with Gasteiger partial charge >= 0.3 is 5.97 Å². The fraction of sp³-hybridized carbons (Fsp3) is 0.588. The van der Waals surface area contributed by atoms with Gasteiger partial charge in [0.25, 0.3) is 0 Å². The van der Waals surface area contributed by atoms with E-state index in [1.165, 1.54) is 5.56 Å². The Labute approximate surface area is 122 Å². The molecule has 1 rings (SSSR count). The Bertz CT molecular complexity index is 418. The van der Waals surface area contributed by atoms with E-state index in [1.54, 1.807) is 6.07 Å². The number of aryl methyl sites for hydroxylation is 1. The molecule has 3 heteroatoms. The maximum absolute atomic E-state index is 11.9. The molecule has 1 aromatic rings. The molecule has 20 heavy (non-hydrogen) atoms. The van der Waals surface area contributed by atoms with Gasteiger partial charge in [-0.05, 0) is 29.5 Å². The van der Waals surface area contributed by atoms with Crippen molar-refractivity contribution < 1.29 is 14.3 Å². The molecular weight excluding hydrogens is 252 g/mol. The van der Waals surface area contributed by atoms with Gasteiger partial charge in [0.05, 0.1) is 18.8 Å². The molecule has 0 unspecified atom stereocenters. The Balaban J connectivity index is 2.34. The fourth-order valence-electron chi connectivity index (χ4n) is 1.80. The summed E-state index contributed by atoms with van der Waals surface area (Å²) in [6.45, 7) is 9.85. The summed E-state index contributed by atoms with van der Waals surface area (Å²) in [5.41, 5.74) is 1.93. The highest BCUT2D eigenvalue weighted by Crippen LogP contribution is 2.12. The van der Waals surface area contributed by atoms with Crippen molar-refractivity contribution in [2.45, 2.75) is 40.5 Å². The van der Waals surface area contributed by atoms with Crippen molar-refractivity contribution in [3.05, 3.63) is 35.4 Å². The van der Waals surface area contributed by atoms with Gasteiger partial charge in [0.2, 0.25) is 0 Å². The van der Waals surface area contributed by atoms with Crippen LogP contribution in [-0.2, 0) is 15.9 Å². The van der Waals surface area contributed by atoms with E-state index in [0.717, 1.165) is 12.8 Å². The molecule has 0 bridgehead atoms. The highest BCUT2D eigenvalue weighted by Gasteiger charge is 2.11. The van der Waals surface area contributed by atoms with Crippen molar-refractivity contribution in [2.24, 2.45) is 5.41 Å². The molecule has 0 saturated heterocycles. The zero-order valence-electron chi connectivity index (χ0n) is 13.1. The first-order valence-electron chi connectivity index (χ1n) is 7.26. The van der Waals surface area contributed by atoms with Crippen LogP contribution in [0.1, 0.15) is 50.0 Å².